The van der Waals surface area contributed by atoms with Crippen LogP contribution < -0.4 is 4.74 Å². The van der Waals surface area contributed by atoms with Crippen LogP contribution in [0.5, 0.6) is 5.75 Å². The highest BCUT2D eigenvalue weighted by molar-refractivity contribution is 5.82. The van der Waals surface area contributed by atoms with Gasteiger partial charge in [0.1, 0.15) is 11.9 Å². The van der Waals surface area contributed by atoms with Crippen molar-refractivity contribution in [2.75, 3.05) is 13.7 Å². The van der Waals surface area contributed by atoms with Crippen molar-refractivity contribution in [2.24, 2.45) is 0 Å². The summed E-state index contributed by atoms with van der Waals surface area (Å²) in [4.78, 5) is 24.8. The predicted molar refractivity (Wildman–Crippen MR) is 89.5 cm³/mol. The molecule has 0 aliphatic carbocycles. The molecular formula is C18H22F3NO5. The van der Waals surface area contributed by atoms with Gasteiger partial charge in [0.15, 0.2) is 12.7 Å². The number of hydrogen-bond acceptors (Lipinski definition) is 4. The number of amides is 1. The van der Waals surface area contributed by atoms with Gasteiger partial charge in [-0.1, -0.05) is 12.1 Å². The number of aryl methyl sites for hydroxylation is 2. The minimum absolute atomic E-state index is 0.175. The smallest absolute Gasteiger partial charge is 0.422 e. The molecule has 0 bridgehead atoms. The molecule has 1 amide bonds. The fraction of sp³-hybridized carbons (Fsp3) is 0.556. The van der Waals surface area contributed by atoms with E-state index in [0.29, 0.717) is 17.5 Å². The number of hydrogen-bond donors (Lipinski definition) is 1. The molecule has 2 atom stereocenters. The number of halogens is 3. The molecule has 0 unspecified atom stereocenters. The quantitative estimate of drug-likeness (QED) is 0.810. The lowest BCUT2D eigenvalue weighted by Gasteiger charge is -2.22. The van der Waals surface area contributed by atoms with E-state index in [9.17, 15) is 22.8 Å². The van der Waals surface area contributed by atoms with Crippen LogP contribution in [0.25, 0.3) is 0 Å². The number of carboxylic acids is 1. The zero-order chi connectivity index (χ0) is 20.4. The van der Waals surface area contributed by atoms with Gasteiger partial charge in [-0.2, -0.15) is 13.2 Å². The molecular weight excluding hydrogens is 367 g/mol. The van der Waals surface area contributed by atoms with Gasteiger partial charge in [0.25, 0.3) is 5.91 Å². The van der Waals surface area contributed by atoms with Crippen molar-refractivity contribution in [1.82, 2.24) is 4.90 Å². The Hall–Kier alpha value is -2.29. The second-order valence-electron chi connectivity index (χ2n) is 6.69. The predicted octanol–water partition coefficient (Wildman–Crippen LogP) is 2.84. The molecule has 1 aliphatic rings. The third-order valence-electron chi connectivity index (χ3n) is 4.27. The number of carboxylic acid groups (broad SMARTS) is 1. The van der Waals surface area contributed by atoms with Crippen molar-refractivity contribution in [2.45, 2.75) is 51.6 Å². The Balaban J connectivity index is 2.02. The monoisotopic (exact) mass is 389 g/mol. The molecule has 150 valence electrons. The third-order valence-corrected chi connectivity index (χ3v) is 4.27. The lowest BCUT2D eigenvalue weighted by Crippen LogP contribution is -2.36. The van der Waals surface area contributed by atoms with Crippen molar-refractivity contribution < 1.29 is 37.3 Å². The van der Waals surface area contributed by atoms with Gasteiger partial charge in [-0.05, 0) is 43.4 Å². The summed E-state index contributed by atoms with van der Waals surface area (Å²) in [5.41, 5.74) is 1.81. The summed E-state index contributed by atoms with van der Waals surface area (Å²) in [5, 5.41) is 8.94. The van der Waals surface area contributed by atoms with Gasteiger partial charge in [-0.25, -0.2) is 4.79 Å². The molecule has 6 nitrogen and oxygen atoms in total. The first kappa shape index (κ1) is 21.0. The average Bonchev–Trinajstić information content (AvgIpc) is 3.02. The standard InChI is InChI=1S/C18H22F3NO5/c1-10-6-12(7-11(2)15(10)26-9-18(19,20)21)8-22(3)16(23)13-4-5-14(27-13)17(24)25/h6-7,13-14H,4-5,8-9H2,1-3H3,(H,24,25)/t13-,14+/m0/s1. The zero-order valence-electron chi connectivity index (χ0n) is 15.3. The van der Waals surface area contributed by atoms with Crippen LogP contribution in [0.3, 0.4) is 0 Å². The van der Waals surface area contributed by atoms with Crippen LogP contribution in [0.4, 0.5) is 13.2 Å². The van der Waals surface area contributed by atoms with Crippen LogP contribution in [-0.4, -0.2) is 53.9 Å². The summed E-state index contributed by atoms with van der Waals surface area (Å²) < 4.78 is 47.2. The van der Waals surface area contributed by atoms with Gasteiger partial charge in [0.2, 0.25) is 0 Å². The summed E-state index contributed by atoms with van der Waals surface area (Å²) in [7, 11) is 1.57. The molecule has 0 saturated carbocycles. The molecule has 2 rings (SSSR count). The number of likely N-dealkylation sites (N-methyl/N-ethyl adjacent to an activating group) is 1. The Bertz CT molecular complexity index is 696. The maximum absolute atomic E-state index is 12.4. The number of ether oxygens (including phenoxy) is 2. The molecule has 1 heterocycles. The van der Waals surface area contributed by atoms with Crippen molar-refractivity contribution in [1.29, 1.82) is 0 Å². The Morgan fingerprint density at radius 1 is 1.22 bits per heavy atom. The van der Waals surface area contributed by atoms with E-state index >= 15 is 0 Å². The topological polar surface area (TPSA) is 76.1 Å². The molecule has 0 aromatic heterocycles. The first-order chi connectivity index (χ1) is 12.5. The van der Waals surface area contributed by atoms with Crippen molar-refractivity contribution in [3.63, 3.8) is 0 Å². The first-order valence-electron chi connectivity index (χ1n) is 8.41. The second-order valence-corrected chi connectivity index (χ2v) is 6.69. The van der Waals surface area contributed by atoms with Crippen LogP contribution in [0.15, 0.2) is 12.1 Å². The van der Waals surface area contributed by atoms with Crippen molar-refractivity contribution in [3.05, 3.63) is 28.8 Å². The molecule has 1 fully saturated rings. The van der Waals surface area contributed by atoms with E-state index in [1.807, 2.05) is 0 Å². The SMILES string of the molecule is Cc1cc(CN(C)C(=O)[C@@H]2CC[C@H](C(=O)O)O2)cc(C)c1OCC(F)(F)F. The summed E-state index contributed by atoms with van der Waals surface area (Å²) in [6, 6.07) is 3.33. The van der Waals surface area contributed by atoms with Crippen LogP contribution in [-0.2, 0) is 20.9 Å². The highest BCUT2D eigenvalue weighted by atomic mass is 19.4. The largest absolute Gasteiger partial charge is 0.484 e. The van der Waals surface area contributed by atoms with E-state index in [1.54, 1.807) is 33.0 Å². The molecule has 1 aliphatic heterocycles. The fourth-order valence-electron chi connectivity index (χ4n) is 3.11. The third kappa shape index (κ3) is 5.59. The zero-order valence-corrected chi connectivity index (χ0v) is 15.3. The second kappa shape index (κ2) is 8.16. The Kier molecular flexibility index (Phi) is 6.35. The summed E-state index contributed by atoms with van der Waals surface area (Å²) in [6.45, 7) is 2.14. The van der Waals surface area contributed by atoms with E-state index in [-0.39, 0.29) is 24.6 Å². The number of carbonyl (C=O) groups excluding carboxylic acids is 1. The van der Waals surface area contributed by atoms with E-state index < -0.39 is 31.0 Å². The molecule has 1 aromatic rings. The Morgan fingerprint density at radius 2 is 1.78 bits per heavy atom. The number of nitrogens with zero attached hydrogens (tertiary/aromatic N) is 1. The van der Waals surface area contributed by atoms with Crippen LogP contribution >= 0.6 is 0 Å². The number of aliphatic carboxylic acids is 1. The molecule has 1 aromatic carbocycles. The molecule has 0 radical (unpaired) electrons. The van der Waals surface area contributed by atoms with Crippen molar-refractivity contribution >= 4 is 11.9 Å². The Labute approximate surface area is 154 Å². The number of benzene rings is 1. The highest BCUT2D eigenvalue weighted by Gasteiger charge is 2.36. The minimum atomic E-state index is -4.42. The van der Waals surface area contributed by atoms with Crippen LogP contribution in [0.2, 0.25) is 0 Å². The molecule has 1 N–H and O–H groups in total. The van der Waals surface area contributed by atoms with Crippen molar-refractivity contribution in [3.8, 4) is 5.75 Å². The molecule has 9 heteroatoms. The lowest BCUT2D eigenvalue weighted by atomic mass is 10.0. The summed E-state index contributed by atoms with van der Waals surface area (Å²) in [6.07, 6.45) is -5.57. The van der Waals surface area contributed by atoms with E-state index in [4.69, 9.17) is 14.6 Å². The van der Waals surface area contributed by atoms with Crippen LogP contribution in [0, 0.1) is 13.8 Å². The number of carbonyl (C=O) groups is 2. The van der Waals surface area contributed by atoms with E-state index in [2.05, 4.69) is 0 Å². The molecule has 27 heavy (non-hydrogen) atoms. The first-order valence-corrected chi connectivity index (χ1v) is 8.41. The Morgan fingerprint density at radius 3 is 2.26 bits per heavy atom. The van der Waals surface area contributed by atoms with E-state index in [1.165, 1.54) is 4.90 Å². The van der Waals surface area contributed by atoms with Gasteiger partial charge in [-0.15, -0.1) is 0 Å². The maximum atomic E-state index is 12.4. The average molecular weight is 389 g/mol. The van der Waals surface area contributed by atoms with E-state index in [0.717, 1.165) is 5.56 Å². The van der Waals surface area contributed by atoms with Gasteiger partial charge in [-0.3, -0.25) is 4.79 Å². The number of alkyl halides is 3. The lowest BCUT2D eigenvalue weighted by molar-refractivity contribution is -0.155. The van der Waals surface area contributed by atoms with Crippen LogP contribution in [0.1, 0.15) is 29.5 Å². The highest BCUT2D eigenvalue weighted by Crippen LogP contribution is 2.28. The van der Waals surface area contributed by atoms with Gasteiger partial charge >= 0.3 is 12.1 Å². The normalized spacial score (nSPS) is 19.8. The fourth-order valence-corrected chi connectivity index (χ4v) is 3.11. The number of rotatable bonds is 6. The van der Waals surface area contributed by atoms with Gasteiger partial charge in [0, 0.05) is 13.6 Å². The minimum Gasteiger partial charge on any atom is -0.484 e. The molecule has 0 spiro atoms. The maximum Gasteiger partial charge on any atom is 0.422 e. The van der Waals surface area contributed by atoms with Gasteiger partial charge < -0.3 is 19.5 Å². The summed E-state index contributed by atoms with van der Waals surface area (Å²) >= 11 is 0. The van der Waals surface area contributed by atoms with Gasteiger partial charge in [0.05, 0.1) is 0 Å². The molecule has 1 saturated heterocycles. The summed E-state index contributed by atoms with van der Waals surface area (Å²) in [5.74, 6) is -1.24.